The quantitative estimate of drug-likeness (QED) is 0.244. The Morgan fingerprint density at radius 1 is 1.00 bits per heavy atom. The molecule has 0 aliphatic rings. The van der Waals surface area contributed by atoms with E-state index in [2.05, 4.69) is 26.6 Å². The third-order valence-corrected chi connectivity index (χ3v) is 6.79. The van der Waals surface area contributed by atoms with Crippen LogP contribution < -0.4 is 4.74 Å². The minimum absolute atomic E-state index is 0.388. The van der Waals surface area contributed by atoms with E-state index in [1.807, 2.05) is 68.6 Å². The molecular weight excluding hydrogens is 523 g/mol. The highest BCUT2D eigenvalue weighted by molar-refractivity contribution is 9.10. The molecule has 0 fully saturated rings. The zero-order valence-electron chi connectivity index (χ0n) is 18.3. The standard InChI is InChI=1S/C26H23BrCl2N2O2/c1-3-30(4-2)26(32)33-24-10-9-23-21(25(24)18-13-19(28)15-20(29)14-18)11-12-31(23)16-17-7-5-6-8-22(17)27/h5-15H,3-4,16H2,1-2H3. The highest BCUT2D eigenvalue weighted by atomic mass is 79.9. The summed E-state index contributed by atoms with van der Waals surface area (Å²) in [6.07, 6.45) is 1.65. The fraction of sp³-hybridized carbons (Fsp3) is 0.192. The molecule has 0 spiro atoms. The Hall–Kier alpha value is -2.47. The van der Waals surface area contributed by atoms with Crippen molar-refractivity contribution in [1.29, 1.82) is 0 Å². The van der Waals surface area contributed by atoms with E-state index in [0.29, 0.717) is 35.4 Å². The number of nitrogens with zero attached hydrogens (tertiary/aromatic N) is 2. The molecule has 1 heterocycles. The highest BCUT2D eigenvalue weighted by Crippen LogP contribution is 2.40. The SMILES string of the molecule is CCN(CC)C(=O)Oc1ccc2c(ccn2Cc2ccccc2Br)c1-c1cc(Cl)cc(Cl)c1. The van der Waals surface area contributed by atoms with Crippen molar-refractivity contribution in [2.45, 2.75) is 20.4 Å². The molecule has 0 atom stereocenters. The molecule has 0 radical (unpaired) electrons. The van der Waals surface area contributed by atoms with Gasteiger partial charge in [0.05, 0.1) is 0 Å². The molecule has 1 aromatic heterocycles. The van der Waals surface area contributed by atoms with Crippen LogP contribution >= 0.6 is 39.1 Å². The highest BCUT2D eigenvalue weighted by Gasteiger charge is 2.20. The number of amides is 1. The minimum atomic E-state index is -0.388. The lowest BCUT2D eigenvalue weighted by atomic mass is 10.0. The summed E-state index contributed by atoms with van der Waals surface area (Å²) < 4.78 is 9.08. The maximum absolute atomic E-state index is 12.8. The van der Waals surface area contributed by atoms with E-state index >= 15 is 0 Å². The van der Waals surface area contributed by atoms with E-state index in [-0.39, 0.29) is 6.09 Å². The first-order valence-electron chi connectivity index (χ1n) is 10.7. The summed E-state index contributed by atoms with van der Waals surface area (Å²) in [4.78, 5) is 14.4. The van der Waals surface area contributed by atoms with E-state index in [1.54, 1.807) is 11.0 Å². The average Bonchev–Trinajstić information content (AvgIpc) is 3.18. The number of carbonyl (C=O) groups is 1. The number of hydrogen-bond acceptors (Lipinski definition) is 2. The monoisotopic (exact) mass is 544 g/mol. The molecule has 7 heteroatoms. The first-order chi connectivity index (χ1) is 15.9. The Bertz CT molecular complexity index is 1290. The molecule has 0 saturated carbocycles. The second kappa shape index (κ2) is 10.2. The van der Waals surface area contributed by atoms with Crippen LogP contribution in [0.4, 0.5) is 4.79 Å². The number of aromatic nitrogens is 1. The van der Waals surface area contributed by atoms with Gasteiger partial charge in [0.25, 0.3) is 0 Å². The molecule has 3 aromatic carbocycles. The van der Waals surface area contributed by atoms with E-state index in [9.17, 15) is 4.79 Å². The zero-order chi connectivity index (χ0) is 23.5. The summed E-state index contributed by atoms with van der Waals surface area (Å²) in [6, 6.07) is 19.4. The molecular formula is C26H23BrCl2N2O2. The number of rotatable bonds is 6. The van der Waals surface area contributed by atoms with Crippen molar-refractivity contribution in [3.05, 3.63) is 86.9 Å². The van der Waals surface area contributed by atoms with Gasteiger partial charge in [-0.05, 0) is 67.4 Å². The van der Waals surface area contributed by atoms with E-state index in [1.165, 1.54) is 5.56 Å². The number of ether oxygens (including phenoxy) is 1. The maximum atomic E-state index is 12.8. The molecule has 4 rings (SSSR count). The van der Waals surface area contributed by atoms with Gasteiger partial charge in [-0.2, -0.15) is 0 Å². The summed E-state index contributed by atoms with van der Waals surface area (Å²) in [5.41, 5.74) is 3.75. The van der Waals surface area contributed by atoms with Crippen LogP contribution in [0.2, 0.25) is 10.0 Å². The number of carbonyl (C=O) groups excluding carboxylic acids is 1. The molecule has 1 amide bonds. The van der Waals surface area contributed by atoms with Crippen molar-refractivity contribution in [2.24, 2.45) is 0 Å². The predicted octanol–water partition coefficient (Wildman–Crippen LogP) is 8.27. The Morgan fingerprint density at radius 3 is 2.36 bits per heavy atom. The summed E-state index contributed by atoms with van der Waals surface area (Å²) >= 11 is 16.3. The fourth-order valence-corrected chi connectivity index (χ4v) is 4.86. The lowest BCUT2D eigenvalue weighted by molar-refractivity contribution is 0.157. The van der Waals surface area contributed by atoms with Crippen LogP contribution in [0.25, 0.3) is 22.0 Å². The number of halogens is 3. The van der Waals surface area contributed by atoms with Gasteiger partial charge < -0.3 is 14.2 Å². The van der Waals surface area contributed by atoms with Crippen LogP contribution in [0.15, 0.2) is 71.3 Å². The van der Waals surface area contributed by atoms with Crippen LogP contribution in [0.5, 0.6) is 5.75 Å². The summed E-state index contributed by atoms with van der Waals surface area (Å²) in [6.45, 7) is 5.68. The first kappa shape index (κ1) is 23.7. The molecule has 0 unspecified atom stereocenters. The summed E-state index contributed by atoms with van der Waals surface area (Å²) in [5, 5.41) is 1.98. The average molecular weight is 546 g/mol. The Kier molecular flexibility index (Phi) is 7.32. The molecule has 4 aromatic rings. The van der Waals surface area contributed by atoms with E-state index in [0.717, 1.165) is 26.5 Å². The van der Waals surface area contributed by atoms with Crippen molar-refractivity contribution < 1.29 is 9.53 Å². The normalized spacial score (nSPS) is 11.1. The molecule has 33 heavy (non-hydrogen) atoms. The molecule has 0 N–H and O–H groups in total. The van der Waals surface area contributed by atoms with Gasteiger partial charge in [-0.25, -0.2) is 4.79 Å². The maximum Gasteiger partial charge on any atom is 0.415 e. The summed E-state index contributed by atoms with van der Waals surface area (Å²) in [7, 11) is 0. The van der Waals surface area contributed by atoms with Gasteiger partial charge in [0.2, 0.25) is 0 Å². The first-order valence-corrected chi connectivity index (χ1v) is 12.2. The van der Waals surface area contributed by atoms with Crippen LogP contribution in [-0.4, -0.2) is 28.6 Å². The predicted molar refractivity (Wildman–Crippen MR) is 140 cm³/mol. The fourth-order valence-electron chi connectivity index (χ4n) is 3.92. The largest absolute Gasteiger partial charge is 0.415 e. The Morgan fingerprint density at radius 2 is 1.70 bits per heavy atom. The Balaban J connectivity index is 1.86. The number of hydrogen-bond donors (Lipinski definition) is 0. The number of benzene rings is 3. The molecule has 0 aliphatic carbocycles. The molecule has 170 valence electrons. The van der Waals surface area contributed by atoms with Gasteiger partial charge in [0.15, 0.2) is 0 Å². The summed E-state index contributed by atoms with van der Waals surface area (Å²) in [5.74, 6) is 0.469. The van der Waals surface area contributed by atoms with Gasteiger partial charge in [-0.15, -0.1) is 0 Å². The minimum Gasteiger partial charge on any atom is -0.410 e. The van der Waals surface area contributed by atoms with Crippen molar-refractivity contribution in [2.75, 3.05) is 13.1 Å². The van der Waals surface area contributed by atoms with Gasteiger partial charge in [-0.3, -0.25) is 0 Å². The van der Waals surface area contributed by atoms with Crippen molar-refractivity contribution in [3.8, 4) is 16.9 Å². The van der Waals surface area contributed by atoms with Gasteiger partial charge in [0.1, 0.15) is 5.75 Å². The second-order valence-corrected chi connectivity index (χ2v) is 9.33. The van der Waals surface area contributed by atoms with Crippen molar-refractivity contribution in [1.82, 2.24) is 9.47 Å². The number of fused-ring (bicyclic) bond motifs is 1. The zero-order valence-corrected chi connectivity index (χ0v) is 21.4. The van der Waals surface area contributed by atoms with Crippen LogP contribution in [0.3, 0.4) is 0 Å². The third kappa shape index (κ3) is 5.06. The van der Waals surface area contributed by atoms with Gasteiger partial charge in [-0.1, -0.05) is 57.3 Å². The van der Waals surface area contributed by atoms with Gasteiger partial charge >= 0.3 is 6.09 Å². The lowest BCUT2D eigenvalue weighted by Crippen LogP contribution is -2.33. The smallest absolute Gasteiger partial charge is 0.410 e. The van der Waals surface area contributed by atoms with E-state index < -0.39 is 0 Å². The van der Waals surface area contributed by atoms with Crippen molar-refractivity contribution >= 4 is 56.1 Å². The molecule has 0 aliphatic heterocycles. The lowest BCUT2D eigenvalue weighted by Gasteiger charge is -2.20. The topological polar surface area (TPSA) is 34.5 Å². The van der Waals surface area contributed by atoms with Crippen LogP contribution in [0, 0.1) is 0 Å². The van der Waals surface area contributed by atoms with Crippen LogP contribution in [0.1, 0.15) is 19.4 Å². The van der Waals surface area contributed by atoms with Crippen molar-refractivity contribution in [3.63, 3.8) is 0 Å². The molecule has 4 nitrogen and oxygen atoms in total. The molecule has 0 saturated heterocycles. The van der Waals surface area contributed by atoms with Crippen LogP contribution in [-0.2, 0) is 6.54 Å². The third-order valence-electron chi connectivity index (χ3n) is 5.58. The van der Waals surface area contributed by atoms with Gasteiger partial charge in [0, 0.05) is 56.8 Å². The van der Waals surface area contributed by atoms with E-state index in [4.69, 9.17) is 27.9 Å². The Labute approximate surface area is 211 Å². The second-order valence-electron chi connectivity index (χ2n) is 7.60. The molecule has 0 bridgehead atoms.